The lowest BCUT2D eigenvalue weighted by Crippen LogP contribution is -2.43. The Morgan fingerprint density at radius 2 is 1.67 bits per heavy atom. The highest BCUT2D eigenvalue weighted by Crippen LogP contribution is 2.44. The molecule has 3 atom stereocenters. The smallest absolute Gasteiger partial charge is 0.353 e. The van der Waals surface area contributed by atoms with Crippen LogP contribution in [0.25, 0.3) is 16.8 Å². The Morgan fingerprint density at radius 1 is 1.00 bits per heavy atom. The van der Waals surface area contributed by atoms with Gasteiger partial charge in [0.05, 0.1) is 5.92 Å². The minimum Gasteiger partial charge on any atom is -0.460 e. The van der Waals surface area contributed by atoms with Crippen LogP contribution in [-0.4, -0.2) is 30.8 Å². The molecule has 0 spiro atoms. The molecule has 0 N–H and O–H groups in total. The van der Waals surface area contributed by atoms with Gasteiger partial charge in [-0.2, -0.15) is 4.98 Å². The van der Waals surface area contributed by atoms with Gasteiger partial charge in [0.1, 0.15) is 11.2 Å². The molecular formula is C30H30ClN3O4S. The lowest BCUT2D eigenvalue weighted by atomic mass is 9.95. The average molecular weight is 564 g/mol. The number of thioether (sulfide) groups is 1. The minimum absolute atomic E-state index is 0.0573. The molecule has 1 fully saturated rings. The first-order chi connectivity index (χ1) is 18.6. The standard InChI is InChI=1S/C30H30ClN3O4S/c1-30(2,3)38-27(35)26-21(18-34-28(36)32-25-6-4-5-17-33(25)29(34)37)11-16-24(26)39-23-14-9-20(10-15-23)19-7-12-22(31)13-8-19/h4-10,12-15,17,21,24,26H,11,16,18H2,1-3H3/t21-,24-,26-/m0/s1. The number of fused-ring (bicyclic) bond motifs is 1. The number of esters is 1. The monoisotopic (exact) mass is 563 g/mol. The number of carbonyl (C=O) groups is 1. The Labute approximate surface area is 235 Å². The molecule has 0 radical (unpaired) electrons. The Hall–Kier alpha value is -3.36. The van der Waals surface area contributed by atoms with Gasteiger partial charge in [0, 0.05) is 27.9 Å². The van der Waals surface area contributed by atoms with Crippen LogP contribution in [0.1, 0.15) is 33.6 Å². The molecule has 0 amide bonds. The zero-order valence-corrected chi connectivity index (χ0v) is 23.6. The number of aromatic nitrogens is 3. The molecule has 1 aliphatic carbocycles. The summed E-state index contributed by atoms with van der Waals surface area (Å²) in [5.74, 6) is -1.02. The van der Waals surface area contributed by atoms with Gasteiger partial charge in [-0.1, -0.05) is 41.9 Å². The number of hydrogen-bond donors (Lipinski definition) is 0. The summed E-state index contributed by atoms with van der Waals surface area (Å²) in [5, 5.41) is 0.637. The van der Waals surface area contributed by atoms with E-state index in [4.69, 9.17) is 16.3 Å². The number of benzene rings is 2. The van der Waals surface area contributed by atoms with Gasteiger partial charge in [0.15, 0.2) is 0 Å². The Morgan fingerprint density at radius 3 is 2.33 bits per heavy atom. The van der Waals surface area contributed by atoms with Crippen molar-refractivity contribution < 1.29 is 9.53 Å². The Bertz CT molecular complexity index is 1610. The first kappa shape index (κ1) is 27.2. The summed E-state index contributed by atoms with van der Waals surface area (Å²) in [6, 6.07) is 21.0. The number of carbonyl (C=O) groups excluding carboxylic acids is 1. The Kier molecular flexibility index (Phi) is 7.69. The normalized spacial score (nSPS) is 19.3. The molecule has 0 saturated heterocycles. The summed E-state index contributed by atoms with van der Waals surface area (Å²) in [6.45, 7) is 5.64. The van der Waals surface area contributed by atoms with Crippen LogP contribution in [0.2, 0.25) is 5.02 Å². The van der Waals surface area contributed by atoms with E-state index in [9.17, 15) is 14.4 Å². The maximum atomic E-state index is 13.5. The number of rotatable bonds is 6. The van der Waals surface area contributed by atoms with E-state index in [-0.39, 0.29) is 23.7 Å². The third-order valence-corrected chi connectivity index (χ3v) is 8.49. The molecule has 1 saturated carbocycles. The maximum absolute atomic E-state index is 13.5. The fourth-order valence-corrected chi connectivity index (χ4v) is 6.59. The summed E-state index contributed by atoms with van der Waals surface area (Å²) in [4.78, 5) is 44.5. The summed E-state index contributed by atoms with van der Waals surface area (Å²) in [7, 11) is 0. The largest absolute Gasteiger partial charge is 0.460 e. The van der Waals surface area contributed by atoms with E-state index in [1.165, 1.54) is 4.40 Å². The highest BCUT2D eigenvalue weighted by atomic mass is 35.5. The number of ether oxygens (including phenoxy) is 1. The Balaban J connectivity index is 1.40. The lowest BCUT2D eigenvalue weighted by molar-refractivity contribution is -0.161. The molecule has 1 aliphatic rings. The van der Waals surface area contributed by atoms with Crippen molar-refractivity contribution in [2.75, 3.05) is 0 Å². The third kappa shape index (κ3) is 6.12. The quantitative estimate of drug-likeness (QED) is 0.280. The zero-order valence-electron chi connectivity index (χ0n) is 22.0. The molecule has 9 heteroatoms. The second-order valence-electron chi connectivity index (χ2n) is 10.8. The second-order valence-corrected chi connectivity index (χ2v) is 12.5. The van der Waals surface area contributed by atoms with E-state index in [0.717, 1.165) is 27.0 Å². The molecular weight excluding hydrogens is 534 g/mol. The van der Waals surface area contributed by atoms with Crippen molar-refractivity contribution in [2.24, 2.45) is 11.8 Å². The van der Waals surface area contributed by atoms with Crippen LogP contribution in [0, 0.1) is 11.8 Å². The number of pyridine rings is 1. The molecule has 5 rings (SSSR count). The summed E-state index contributed by atoms with van der Waals surface area (Å²) < 4.78 is 8.32. The van der Waals surface area contributed by atoms with E-state index < -0.39 is 22.9 Å². The fourth-order valence-electron chi connectivity index (χ4n) is 5.08. The predicted molar refractivity (Wildman–Crippen MR) is 154 cm³/mol. The number of hydrogen-bond acceptors (Lipinski definition) is 6. The third-order valence-electron chi connectivity index (χ3n) is 6.86. The van der Waals surface area contributed by atoms with Gasteiger partial charge in [0.25, 0.3) is 0 Å². The number of nitrogens with zero attached hydrogens (tertiary/aromatic N) is 3. The van der Waals surface area contributed by atoms with Crippen molar-refractivity contribution >= 4 is 35.0 Å². The van der Waals surface area contributed by atoms with Crippen LogP contribution in [0.3, 0.4) is 0 Å². The summed E-state index contributed by atoms with van der Waals surface area (Å²) in [6.07, 6.45) is 3.04. The van der Waals surface area contributed by atoms with Crippen LogP contribution in [-0.2, 0) is 16.1 Å². The van der Waals surface area contributed by atoms with Crippen molar-refractivity contribution in [2.45, 2.75) is 55.9 Å². The van der Waals surface area contributed by atoms with E-state index >= 15 is 0 Å². The van der Waals surface area contributed by atoms with Gasteiger partial charge >= 0.3 is 17.3 Å². The molecule has 202 valence electrons. The highest BCUT2D eigenvalue weighted by molar-refractivity contribution is 8.00. The SMILES string of the molecule is CC(C)(C)OC(=O)[C@H]1[C@H](Cn2c(=O)nc3ccccn3c2=O)CC[C@@H]1Sc1ccc(-c2ccc(Cl)cc2)cc1. The molecule has 39 heavy (non-hydrogen) atoms. The average Bonchev–Trinajstić information content (AvgIpc) is 3.28. The van der Waals surface area contributed by atoms with E-state index in [2.05, 4.69) is 29.2 Å². The van der Waals surface area contributed by atoms with Crippen molar-refractivity contribution in [3.05, 3.63) is 98.9 Å². The van der Waals surface area contributed by atoms with E-state index in [0.29, 0.717) is 17.1 Å². The first-order valence-corrected chi connectivity index (χ1v) is 14.2. The van der Waals surface area contributed by atoms with Crippen molar-refractivity contribution in [1.82, 2.24) is 14.0 Å². The first-order valence-electron chi connectivity index (χ1n) is 12.9. The van der Waals surface area contributed by atoms with Crippen LogP contribution in [0.15, 0.2) is 87.4 Å². The number of halogens is 1. The van der Waals surface area contributed by atoms with Gasteiger partial charge in [0.2, 0.25) is 0 Å². The highest BCUT2D eigenvalue weighted by Gasteiger charge is 2.44. The van der Waals surface area contributed by atoms with Crippen LogP contribution in [0.5, 0.6) is 0 Å². The van der Waals surface area contributed by atoms with Crippen LogP contribution < -0.4 is 11.4 Å². The van der Waals surface area contributed by atoms with E-state index in [1.807, 2.05) is 45.0 Å². The zero-order chi connectivity index (χ0) is 27.7. The molecule has 7 nitrogen and oxygen atoms in total. The molecule has 0 bridgehead atoms. The molecule has 4 aromatic rings. The topological polar surface area (TPSA) is 82.7 Å². The van der Waals surface area contributed by atoms with Crippen molar-refractivity contribution in [3.8, 4) is 11.1 Å². The predicted octanol–water partition coefficient (Wildman–Crippen LogP) is 5.71. The van der Waals surface area contributed by atoms with Gasteiger partial charge in [-0.15, -0.1) is 11.8 Å². The van der Waals surface area contributed by atoms with Gasteiger partial charge < -0.3 is 4.74 Å². The molecule has 2 heterocycles. The molecule has 0 unspecified atom stereocenters. The lowest BCUT2D eigenvalue weighted by Gasteiger charge is -2.28. The van der Waals surface area contributed by atoms with Crippen LogP contribution >= 0.6 is 23.4 Å². The fraction of sp³-hybridized carbons (Fsp3) is 0.333. The van der Waals surface area contributed by atoms with Gasteiger partial charge in [-0.25, -0.2) is 14.2 Å². The molecule has 2 aromatic carbocycles. The van der Waals surface area contributed by atoms with Crippen molar-refractivity contribution in [3.63, 3.8) is 0 Å². The van der Waals surface area contributed by atoms with E-state index in [1.54, 1.807) is 36.2 Å². The second kappa shape index (κ2) is 11.0. The maximum Gasteiger partial charge on any atom is 0.353 e. The molecule has 2 aromatic heterocycles. The minimum atomic E-state index is -0.652. The summed E-state index contributed by atoms with van der Waals surface area (Å²) >= 11 is 7.66. The van der Waals surface area contributed by atoms with Gasteiger partial charge in [-0.05, 0) is 87.1 Å². The van der Waals surface area contributed by atoms with Gasteiger partial charge in [-0.3, -0.25) is 9.20 Å². The summed E-state index contributed by atoms with van der Waals surface area (Å²) in [5.41, 5.74) is 0.734. The molecule has 0 aliphatic heterocycles. The van der Waals surface area contributed by atoms with Crippen molar-refractivity contribution in [1.29, 1.82) is 0 Å². The van der Waals surface area contributed by atoms with Crippen LogP contribution in [0.4, 0.5) is 0 Å².